The van der Waals surface area contributed by atoms with E-state index in [4.69, 9.17) is 0 Å². The van der Waals surface area contributed by atoms with Crippen molar-refractivity contribution in [2.75, 3.05) is 13.6 Å². The Morgan fingerprint density at radius 3 is 2.59 bits per heavy atom. The minimum atomic E-state index is -4.32. The fraction of sp³-hybridized carbons (Fsp3) is 0.364. The van der Waals surface area contributed by atoms with Crippen LogP contribution in [0.4, 0.5) is 13.2 Å². The Bertz CT molecular complexity index is 1050. The summed E-state index contributed by atoms with van der Waals surface area (Å²) in [6, 6.07) is 8.24. The summed E-state index contributed by atoms with van der Waals surface area (Å²) < 4.78 is 40.2. The summed E-state index contributed by atoms with van der Waals surface area (Å²) in [4.78, 5) is 2.31. The molecule has 1 aromatic carbocycles. The number of rotatable bonds is 0. The van der Waals surface area contributed by atoms with Crippen molar-refractivity contribution in [3.05, 3.63) is 57.2 Å². The molecular weight excluding hydrogens is 349 g/mol. The van der Waals surface area contributed by atoms with Crippen molar-refractivity contribution >= 4 is 12.2 Å². The van der Waals surface area contributed by atoms with Gasteiger partial charge in [-0.05, 0) is 55.1 Å². The molecule has 0 N–H and O–H groups in total. The highest BCUT2D eigenvalue weighted by atomic mass is 19.4. The summed E-state index contributed by atoms with van der Waals surface area (Å²) >= 11 is 0. The number of nitrogens with zero attached hydrogens (tertiary/aromatic N) is 2. The quantitative estimate of drug-likeness (QED) is 0.648. The van der Waals surface area contributed by atoms with E-state index < -0.39 is 11.7 Å². The molecular formula is C22H21F3N2. The molecule has 2 nitrogen and oxygen atoms in total. The fourth-order valence-electron chi connectivity index (χ4n) is 3.82. The molecule has 140 valence electrons. The van der Waals surface area contributed by atoms with Gasteiger partial charge in [0.25, 0.3) is 0 Å². The topological polar surface area (TPSA) is 8.17 Å². The van der Waals surface area contributed by atoms with E-state index >= 15 is 0 Å². The van der Waals surface area contributed by atoms with Crippen LogP contribution in [-0.4, -0.2) is 23.1 Å². The molecule has 5 heteroatoms. The van der Waals surface area contributed by atoms with Crippen LogP contribution in [0, 0.1) is 17.9 Å². The van der Waals surface area contributed by atoms with Gasteiger partial charge in [-0.15, -0.1) is 0 Å². The van der Waals surface area contributed by atoms with E-state index in [2.05, 4.69) is 47.6 Å². The number of hydrogen-bond donors (Lipinski definition) is 0. The Labute approximate surface area is 156 Å². The molecule has 1 atom stereocenters. The van der Waals surface area contributed by atoms with Gasteiger partial charge in [0.15, 0.2) is 0 Å². The Morgan fingerprint density at radius 1 is 1.15 bits per heavy atom. The second-order valence-corrected chi connectivity index (χ2v) is 7.44. The van der Waals surface area contributed by atoms with Gasteiger partial charge in [-0.3, -0.25) is 4.57 Å². The van der Waals surface area contributed by atoms with Gasteiger partial charge in [0.1, 0.15) is 0 Å². The molecule has 2 aromatic rings. The third-order valence-electron chi connectivity index (χ3n) is 5.28. The van der Waals surface area contributed by atoms with Crippen LogP contribution >= 0.6 is 0 Å². The maximum Gasteiger partial charge on any atom is 0.416 e. The van der Waals surface area contributed by atoms with Gasteiger partial charge in [0.05, 0.1) is 10.9 Å². The lowest BCUT2D eigenvalue weighted by Gasteiger charge is -2.23. The number of benzene rings is 1. The lowest BCUT2D eigenvalue weighted by molar-refractivity contribution is -0.137. The third kappa shape index (κ3) is 3.42. The Balaban J connectivity index is 1.78. The van der Waals surface area contributed by atoms with Crippen molar-refractivity contribution in [2.45, 2.75) is 32.5 Å². The maximum atomic E-state index is 12.7. The highest BCUT2D eigenvalue weighted by molar-refractivity contribution is 5.47. The predicted molar refractivity (Wildman–Crippen MR) is 100 cm³/mol. The lowest BCUT2D eigenvalue weighted by atomic mass is 9.99. The standard InChI is InChI=1S/C22H21F3N2/c1-15-3-8-20-18(13-15)19-14-26(2)11-10-21(19)27(20)12-9-16-4-6-17(7-5-16)22(23,24)25/h4-8,13,15H,3,10-11,14H2,1-2H3. The van der Waals surface area contributed by atoms with Gasteiger partial charge in [0, 0.05) is 42.0 Å². The summed E-state index contributed by atoms with van der Waals surface area (Å²) in [5, 5.41) is 2.41. The van der Waals surface area contributed by atoms with Crippen LogP contribution < -0.4 is 10.6 Å². The number of fused-ring (bicyclic) bond motifs is 3. The molecule has 0 amide bonds. The van der Waals surface area contributed by atoms with Crippen LogP contribution in [0.2, 0.25) is 0 Å². The van der Waals surface area contributed by atoms with E-state index in [1.807, 2.05) is 0 Å². The molecule has 2 aliphatic rings. The van der Waals surface area contributed by atoms with E-state index in [0.717, 1.165) is 43.4 Å². The van der Waals surface area contributed by atoms with Gasteiger partial charge in [0.2, 0.25) is 0 Å². The molecule has 1 aliphatic carbocycles. The Morgan fingerprint density at radius 2 is 1.89 bits per heavy atom. The number of hydrogen-bond acceptors (Lipinski definition) is 1. The van der Waals surface area contributed by atoms with Gasteiger partial charge in [-0.25, -0.2) is 0 Å². The third-order valence-corrected chi connectivity index (χ3v) is 5.28. The molecule has 4 rings (SSSR count). The monoisotopic (exact) mass is 370 g/mol. The van der Waals surface area contributed by atoms with E-state index in [1.165, 1.54) is 28.6 Å². The molecule has 0 spiro atoms. The molecule has 0 fully saturated rings. The van der Waals surface area contributed by atoms with Crippen molar-refractivity contribution in [3.63, 3.8) is 0 Å². The van der Waals surface area contributed by atoms with Gasteiger partial charge in [-0.1, -0.05) is 19.1 Å². The lowest BCUT2D eigenvalue weighted by Crippen LogP contribution is -2.34. The summed E-state index contributed by atoms with van der Waals surface area (Å²) in [5.74, 6) is 3.55. The Hall–Kier alpha value is -2.45. The van der Waals surface area contributed by atoms with Crippen molar-refractivity contribution in [1.29, 1.82) is 0 Å². The SMILES string of the molecule is CC1C=c2c3c(n(C#Cc4ccc(C(F)(F)F)cc4)c2=CC1)CCN(C)C3. The van der Waals surface area contributed by atoms with Crippen LogP contribution in [-0.2, 0) is 19.1 Å². The number of aromatic nitrogens is 1. The van der Waals surface area contributed by atoms with Gasteiger partial charge < -0.3 is 4.90 Å². The van der Waals surface area contributed by atoms with Crippen molar-refractivity contribution in [1.82, 2.24) is 9.47 Å². The molecule has 1 unspecified atom stereocenters. The van der Waals surface area contributed by atoms with Crippen molar-refractivity contribution in [2.24, 2.45) is 5.92 Å². The van der Waals surface area contributed by atoms with Crippen LogP contribution in [0.25, 0.3) is 12.2 Å². The highest BCUT2D eigenvalue weighted by Crippen LogP contribution is 2.29. The first-order valence-electron chi connectivity index (χ1n) is 9.15. The minimum Gasteiger partial charge on any atom is -0.302 e. The van der Waals surface area contributed by atoms with Gasteiger partial charge >= 0.3 is 6.18 Å². The maximum absolute atomic E-state index is 12.7. The minimum absolute atomic E-state index is 0.507. The molecule has 0 saturated carbocycles. The molecule has 0 radical (unpaired) electrons. The molecule has 2 heterocycles. The first kappa shape index (κ1) is 17.9. The zero-order valence-electron chi connectivity index (χ0n) is 15.4. The van der Waals surface area contributed by atoms with Crippen LogP contribution in [0.5, 0.6) is 0 Å². The number of halogens is 3. The van der Waals surface area contributed by atoms with E-state index in [0.29, 0.717) is 11.5 Å². The zero-order chi connectivity index (χ0) is 19.2. The zero-order valence-corrected chi connectivity index (χ0v) is 15.4. The van der Waals surface area contributed by atoms with Crippen molar-refractivity contribution in [3.8, 4) is 12.0 Å². The Kier molecular flexibility index (Phi) is 4.39. The number of alkyl halides is 3. The molecule has 1 aliphatic heterocycles. The van der Waals surface area contributed by atoms with Crippen LogP contribution in [0.15, 0.2) is 24.3 Å². The van der Waals surface area contributed by atoms with E-state index in [9.17, 15) is 13.2 Å². The largest absolute Gasteiger partial charge is 0.416 e. The first-order chi connectivity index (χ1) is 12.8. The van der Waals surface area contributed by atoms with Crippen LogP contribution in [0.1, 0.15) is 35.7 Å². The van der Waals surface area contributed by atoms with Gasteiger partial charge in [-0.2, -0.15) is 13.2 Å². The smallest absolute Gasteiger partial charge is 0.302 e. The van der Waals surface area contributed by atoms with E-state index in [-0.39, 0.29) is 0 Å². The summed E-state index contributed by atoms with van der Waals surface area (Å²) in [6.07, 6.45) is 2.14. The van der Waals surface area contributed by atoms with E-state index in [1.54, 1.807) is 0 Å². The summed E-state index contributed by atoms with van der Waals surface area (Å²) in [5.41, 5.74) is 2.51. The molecule has 27 heavy (non-hydrogen) atoms. The normalized spacial score (nSPS) is 19.2. The number of likely N-dealkylation sites (N-methyl/N-ethyl adjacent to an activating group) is 1. The predicted octanol–water partition coefficient (Wildman–Crippen LogP) is 2.95. The summed E-state index contributed by atoms with van der Waals surface area (Å²) in [7, 11) is 2.12. The molecule has 0 bridgehead atoms. The second-order valence-electron chi connectivity index (χ2n) is 7.44. The highest BCUT2D eigenvalue weighted by Gasteiger charge is 2.29. The second kappa shape index (κ2) is 6.61. The average molecular weight is 370 g/mol. The van der Waals surface area contributed by atoms with Crippen molar-refractivity contribution < 1.29 is 13.2 Å². The fourth-order valence-corrected chi connectivity index (χ4v) is 3.82. The molecule has 1 aromatic heterocycles. The first-order valence-corrected chi connectivity index (χ1v) is 9.15. The molecule has 0 saturated heterocycles. The van der Waals surface area contributed by atoms with Crippen LogP contribution in [0.3, 0.4) is 0 Å². The average Bonchev–Trinajstić information content (AvgIpc) is 2.92. The summed E-state index contributed by atoms with van der Waals surface area (Å²) in [6.45, 7) is 4.10.